The van der Waals surface area contributed by atoms with Crippen molar-refractivity contribution in [2.75, 3.05) is 6.54 Å². The van der Waals surface area contributed by atoms with Gasteiger partial charge in [-0.15, -0.1) is 0 Å². The van der Waals surface area contributed by atoms with Crippen LogP contribution >= 0.6 is 0 Å². The molecule has 0 aromatic carbocycles. The molecule has 1 atom stereocenters. The molecule has 0 saturated heterocycles. The molecule has 7 heteroatoms. The number of pyridine rings is 1. The lowest BCUT2D eigenvalue weighted by Crippen LogP contribution is -2.36. The first-order chi connectivity index (χ1) is 12.6. The Labute approximate surface area is 151 Å². The molecule has 1 saturated carbocycles. The molecule has 136 valence electrons. The lowest BCUT2D eigenvalue weighted by Gasteiger charge is -2.29. The minimum atomic E-state index is -0.541. The van der Waals surface area contributed by atoms with Crippen LogP contribution < -0.4 is 0 Å². The van der Waals surface area contributed by atoms with Gasteiger partial charge >= 0.3 is 0 Å². The second-order valence-corrected chi connectivity index (χ2v) is 7.07. The van der Waals surface area contributed by atoms with Crippen molar-refractivity contribution in [3.05, 3.63) is 47.5 Å². The zero-order valence-electron chi connectivity index (χ0n) is 14.5. The molecule has 26 heavy (non-hydrogen) atoms. The molecule has 2 aromatic rings. The molecule has 0 radical (unpaired) electrons. The molecule has 0 bridgehead atoms. The van der Waals surface area contributed by atoms with Crippen LogP contribution in [0.4, 0.5) is 0 Å². The van der Waals surface area contributed by atoms with E-state index in [2.05, 4.69) is 10.1 Å². The van der Waals surface area contributed by atoms with Gasteiger partial charge in [-0.1, -0.05) is 6.42 Å². The number of fused-ring (bicyclic) bond motifs is 1. The Bertz CT molecular complexity index is 813. The van der Waals surface area contributed by atoms with E-state index in [0.29, 0.717) is 36.8 Å². The molecular weight excluding hydrogens is 332 g/mol. The van der Waals surface area contributed by atoms with Gasteiger partial charge in [-0.25, -0.2) is 0 Å². The number of carbonyl (C=O) groups excluding carboxylic acids is 2. The summed E-state index contributed by atoms with van der Waals surface area (Å²) in [6.07, 6.45) is 6.40. The molecule has 1 fully saturated rings. The maximum absolute atomic E-state index is 12.6. The van der Waals surface area contributed by atoms with E-state index in [1.54, 1.807) is 23.2 Å². The van der Waals surface area contributed by atoms with Crippen LogP contribution in [0.1, 0.15) is 53.5 Å². The zero-order valence-corrected chi connectivity index (χ0v) is 14.5. The molecule has 1 amide bonds. The summed E-state index contributed by atoms with van der Waals surface area (Å²) < 4.78 is 1.86. The minimum absolute atomic E-state index is 0.291. The van der Waals surface area contributed by atoms with Gasteiger partial charge in [-0.3, -0.25) is 19.3 Å². The standard InChI is InChI=1S/C19H22N4O3/c24-17(13-4-1-5-13)16-10-15-12-22(8-3-9-23(15)21-16)19(26)18(25)14-6-2-7-20-11-14/h2,6-7,10-11,13,17,24H,1,3-5,8-9,12H2/t17-/m1/s1. The Morgan fingerprint density at radius 3 is 2.77 bits per heavy atom. The van der Waals surface area contributed by atoms with Crippen LogP contribution in [-0.4, -0.2) is 43.0 Å². The quantitative estimate of drug-likeness (QED) is 0.667. The summed E-state index contributed by atoms with van der Waals surface area (Å²) in [7, 11) is 0. The smallest absolute Gasteiger partial charge is 0.295 e. The molecule has 1 aliphatic carbocycles. The molecule has 1 N–H and O–H groups in total. The van der Waals surface area contributed by atoms with E-state index < -0.39 is 17.8 Å². The Morgan fingerprint density at radius 2 is 2.08 bits per heavy atom. The highest BCUT2D eigenvalue weighted by Crippen LogP contribution is 2.37. The Kier molecular flexibility index (Phi) is 4.55. The largest absolute Gasteiger partial charge is 0.386 e. The van der Waals surface area contributed by atoms with Gasteiger partial charge < -0.3 is 10.0 Å². The number of nitrogens with zero attached hydrogens (tertiary/aromatic N) is 4. The van der Waals surface area contributed by atoms with Crippen molar-refractivity contribution >= 4 is 11.7 Å². The summed E-state index contributed by atoms with van der Waals surface area (Å²) in [4.78, 5) is 30.5. The molecule has 7 nitrogen and oxygen atoms in total. The summed E-state index contributed by atoms with van der Waals surface area (Å²) in [6, 6.07) is 5.12. The number of aliphatic hydroxyl groups excluding tert-OH is 1. The summed E-state index contributed by atoms with van der Waals surface area (Å²) in [6.45, 7) is 1.52. The van der Waals surface area contributed by atoms with Crippen LogP contribution in [0.15, 0.2) is 30.6 Å². The topological polar surface area (TPSA) is 88.3 Å². The van der Waals surface area contributed by atoms with E-state index in [-0.39, 0.29) is 0 Å². The summed E-state index contributed by atoms with van der Waals surface area (Å²) in [5.74, 6) is -0.770. The van der Waals surface area contributed by atoms with Gasteiger partial charge in [0.2, 0.25) is 0 Å². The lowest BCUT2D eigenvalue weighted by molar-refractivity contribution is -0.127. The third kappa shape index (κ3) is 3.14. The van der Waals surface area contributed by atoms with Gasteiger partial charge in [-0.05, 0) is 43.4 Å². The molecule has 2 aliphatic rings. The predicted molar refractivity (Wildman–Crippen MR) is 93.1 cm³/mol. The van der Waals surface area contributed by atoms with Crippen LogP contribution in [0.3, 0.4) is 0 Å². The maximum Gasteiger partial charge on any atom is 0.295 e. The van der Waals surface area contributed by atoms with Crippen molar-refractivity contribution in [1.82, 2.24) is 19.7 Å². The van der Waals surface area contributed by atoms with E-state index in [9.17, 15) is 14.7 Å². The van der Waals surface area contributed by atoms with Gasteiger partial charge in [0.05, 0.1) is 17.9 Å². The number of ketones is 1. The fraction of sp³-hybridized carbons (Fsp3) is 0.474. The van der Waals surface area contributed by atoms with Crippen LogP contribution in [0.2, 0.25) is 0 Å². The molecule has 0 spiro atoms. The maximum atomic E-state index is 12.6. The predicted octanol–water partition coefficient (Wildman–Crippen LogP) is 1.73. The van der Waals surface area contributed by atoms with Gasteiger partial charge in [0.25, 0.3) is 11.7 Å². The molecule has 0 unspecified atom stereocenters. The molecular formula is C19H22N4O3. The highest BCUT2D eigenvalue weighted by molar-refractivity contribution is 6.42. The third-order valence-electron chi connectivity index (χ3n) is 5.34. The van der Waals surface area contributed by atoms with Crippen LogP contribution in [-0.2, 0) is 17.9 Å². The number of rotatable bonds is 4. The minimum Gasteiger partial charge on any atom is -0.386 e. The van der Waals surface area contributed by atoms with E-state index in [1.807, 2.05) is 10.7 Å². The van der Waals surface area contributed by atoms with Gasteiger partial charge in [0.1, 0.15) is 6.10 Å². The van der Waals surface area contributed by atoms with Crippen molar-refractivity contribution in [2.24, 2.45) is 5.92 Å². The number of amides is 1. The highest BCUT2D eigenvalue weighted by Gasteiger charge is 2.31. The normalized spacial score (nSPS) is 18.6. The Hall–Kier alpha value is -2.54. The van der Waals surface area contributed by atoms with E-state index in [0.717, 1.165) is 31.4 Å². The number of hydrogen-bond donors (Lipinski definition) is 1. The second kappa shape index (κ2) is 6.99. The average Bonchev–Trinajstić information content (AvgIpc) is 2.91. The highest BCUT2D eigenvalue weighted by atomic mass is 16.3. The zero-order chi connectivity index (χ0) is 18.1. The van der Waals surface area contributed by atoms with Crippen molar-refractivity contribution in [3.8, 4) is 0 Å². The Balaban J connectivity index is 1.51. The summed E-state index contributed by atoms with van der Waals surface area (Å²) in [5.41, 5.74) is 1.84. The number of aryl methyl sites for hydroxylation is 1. The van der Waals surface area contributed by atoms with E-state index >= 15 is 0 Å². The van der Waals surface area contributed by atoms with Crippen LogP contribution in [0, 0.1) is 5.92 Å². The first-order valence-corrected chi connectivity index (χ1v) is 9.12. The molecule has 2 aromatic heterocycles. The van der Waals surface area contributed by atoms with E-state index in [1.165, 1.54) is 6.20 Å². The summed E-state index contributed by atoms with van der Waals surface area (Å²) >= 11 is 0. The van der Waals surface area contributed by atoms with Crippen molar-refractivity contribution < 1.29 is 14.7 Å². The second-order valence-electron chi connectivity index (χ2n) is 7.07. The first-order valence-electron chi connectivity index (χ1n) is 9.12. The fourth-order valence-corrected chi connectivity index (χ4v) is 3.56. The van der Waals surface area contributed by atoms with Gasteiger partial charge in [0.15, 0.2) is 0 Å². The molecule has 1 aliphatic heterocycles. The van der Waals surface area contributed by atoms with Gasteiger partial charge in [-0.2, -0.15) is 5.10 Å². The molecule has 3 heterocycles. The third-order valence-corrected chi connectivity index (χ3v) is 5.34. The van der Waals surface area contributed by atoms with Gasteiger partial charge in [0, 0.05) is 31.0 Å². The van der Waals surface area contributed by atoms with E-state index in [4.69, 9.17) is 0 Å². The van der Waals surface area contributed by atoms with Crippen molar-refractivity contribution in [1.29, 1.82) is 0 Å². The van der Waals surface area contributed by atoms with Crippen LogP contribution in [0.5, 0.6) is 0 Å². The monoisotopic (exact) mass is 354 g/mol. The fourth-order valence-electron chi connectivity index (χ4n) is 3.56. The number of Topliss-reactive ketones (excluding diaryl/α,β-unsaturated/α-hetero) is 1. The number of carbonyl (C=O) groups is 2. The van der Waals surface area contributed by atoms with Crippen molar-refractivity contribution in [2.45, 2.75) is 44.9 Å². The SMILES string of the molecule is O=C(C(=O)N1CCCn2nc([C@H](O)C3CCC3)cc2C1)c1cccnc1. The number of aromatic nitrogens is 3. The first kappa shape index (κ1) is 16.9. The molecule has 4 rings (SSSR count). The summed E-state index contributed by atoms with van der Waals surface area (Å²) in [5, 5.41) is 15.0. The number of hydrogen-bond acceptors (Lipinski definition) is 5. The Morgan fingerprint density at radius 1 is 1.23 bits per heavy atom. The lowest BCUT2D eigenvalue weighted by atomic mass is 9.80. The van der Waals surface area contributed by atoms with Crippen molar-refractivity contribution in [3.63, 3.8) is 0 Å². The average molecular weight is 354 g/mol. The number of aliphatic hydroxyl groups is 1. The van der Waals surface area contributed by atoms with Crippen LogP contribution in [0.25, 0.3) is 0 Å².